The summed E-state index contributed by atoms with van der Waals surface area (Å²) in [5.41, 5.74) is 7.27. The number of aromatic nitrogens is 1. The Morgan fingerprint density at radius 1 is 1.52 bits per heavy atom. The quantitative estimate of drug-likeness (QED) is 0.907. The minimum atomic E-state index is -0.0952. The molecule has 3 N–H and O–H groups in total. The number of nitrogens with zero attached hydrogens (tertiary/aromatic N) is 2. The highest BCUT2D eigenvalue weighted by Gasteiger charge is 2.20. The van der Waals surface area contributed by atoms with Crippen molar-refractivity contribution in [2.45, 2.75) is 25.8 Å². The van der Waals surface area contributed by atoms with E-state index in [0.717, 1.165) is 29.9 Å². The van der Waals surface area contributed by atoms with Gasteiger partial charge in [-0.2, -0.15) is 0 Å². The normalized spacial score (nSPS) is 17.2. The second-order valence-electron chi connectivity index (χ2n) is 5.58. The molecule has 0 spiro atoms. The highest BCUT2D eigenvalue weighted by atomic mass is 32.1. The van der Waals surface area contributed by atoms with Crippen LogP contribution in [0, 0.1) is 0 Å². The van der Waals surface area contributed by atoms with Gasteiger partial charge in [0.15, 0.2) is 0 Å². The topological polar surface area (TPSA) is 71.2 Å². The van der Waals surface area contributed by atoms with E-state index in [2.05, 4.69) is 15.2 Å². The number of carbonyl (C=O) groups excluding carboxylic acids is 1. The van der Waals surface area contributed by atoms with Gasteiger partial charge in [-0.25, -0.2) is 0 Å². The SMILES string of the molecule is CC(CN1CCCC1)NC(=O)c1sc2cccnc2c1N. The van der Waals surface area contributed by atoms with Crippen LogP contribution in [0.1, 0.15) is 29.4 Å². The summed E-state index contributed by atoms with van der Waals surface area (Å²) in [4.78, 5) is 19.6. The van der Waals surface area contributed by atoms with Crippen molar-refractivity contribution in [1.29, 1.82) is 0 Å². The molecule has 1 atom stereocenters. The van der Waals surface area contributed by atoms with E-state index in [1.54, 1.807) is 6.20 Å². The first-order valence-electron chi connectivity index (χ1n) is 7.31. The van der Waals surface area contributed by atoms with E-state index in [-0.39, 0.29) is 11.9 Å². The molecular formula is C15H20N4OS. The Kier molecular flexibility index (Phi) is 4.07. The molecule has 1 amide bonds. The average molecular weight is 304 g/mol. The Morgan fingerprint density at radius 2 is 2.29 bits per heavy atom. The lowest BCUT2D eigenvalue weighted by atomic mass is 10.2. The number of likely N-dealkylation sites (tertiary alicyclic amines) is 1. The molecule has 6 heteroatoms. The lowest BCUT2D eigenvalue weighted by molar-refractivity contribution is 0.0937. The van der Waals surface area contributed by atoms with E-state index >= 15 is 0 Å². The van der Waals surface area contributed by atoms with Crippen LogP contribution in [0.5, 0.6) is 0 Å². The van der Waals surface area contributed by atoms with Gasteiger partial charge >= 0.3 is 0 Å². The maximum absolute atomic E-state index is 12.4. The molecule has 0 aromatic carbocycles. The van der Waals surface area contributed by atoms with Crippen LogP contribution in [0.15, 0.2) is 18.3 Å². The molecule has 3 rings (SSSR count). The van der Waals surface area contributed by atoms with Crippen molar-refractivity contribution < 1.29 is 4.79 Å². The third kappa shape index (κ3) is 3.01. The fraction of sp³-hybridized carbons (Fsp3) is 0.467. The summed E-state index contributed by atoms with van der Waals surface area (Å²) in [6.07, 6.45) is 4.22. The first-order chi connectivity index (χ1) is 10.1. The molecule has 0 radical (unpaired) electrons. The van der Waals surface area contributed by atoms with Crippen LogP contribution < -0.4 is 11.1 Å². The van der Waals surface area contributed by atoms with Crippen molar-refractivity contribution >= 4 is 33.1 Å². The third-order valence-corrected chi connectivity index (χ3v) is 4.96. The zero-order valence-electron chi connectivity index (χ0n) is 12.1. The van der Waals surface area contributed by atoms with Crippen molar-refractivity contribution in [3.63, 3.8) is 0 Å². The number of nitrogens with one attached hydrogen (secondary N) is 1. The zero-order chi connectivity index (χ0) is 14.8. The van der Waals surface area contributed by atoms with E-state index in [1.165, 1.54) is 24.2 Å². The number of fused-ring (bicyclic) bond motifs is 1. The van der Waals surface area contributed by atoms with Crippen LogP contribution >= 0.6 is 11.3 Å². The average Bonchev–Trinajstić information content (AvgIpc) is 3.07. The number of nitrogen functional groups attached to an aromatic ring is 1. The highest BCUT2D eigenvalue weighted by molar-refractivity contribution is 7.21. The number of amides is 1. The van der Waals surface area contributed by atoms with Crippen LogP contribution in [-0.2, 0) is 0 Å². The molecule has 1 saturated heterocycles. The number of nitrogens with two attached hydrogens (primary N) is 1. The lowest BCUT2D eigenvalue weighted by Crippen LogP contribution is -2.41. The predicted molar refractivity (Wildman–Crippen MR) is 86.6 cm³/mol. The van der Waals surface area contributed by atoms with Crippen LogP contribution in [0.4, 0.5) is 5.69 Å². The number of pyridine rings is 1. The van der Waals surface area contributed by atoms with Gasteiger partial charge in [-0.15, -0.1) is 11.3 Å². The highest BCUT2D eigenvalue weighted by Crippen LogP contribution is 2.31. The minimum absolute atomic E-state index is 0.0952. The second kappa shape index (κ2) is 5.99. The number of rotatable bonds is 4. The fourth-order valence-electron chi connectivity index (χ4n) is 2.80. The Bertz CT molecular complexity index is 648. The summed E-state index contributed by atoms with van der Waals surface area (Å²) in [5.74, 6) is -0.0952. The first kappa shape index (κ1) is 14.3. The molecule has 1 aliphatic rings. The standard InChI is InChI=1S/C15H20N4OS/c1-10(9-19-7-2-3-8-19)18-15(20)14-12(16)13-11(21-14)5-4-6-17-13/h4-6,10H,2-3,7-9,16H2,1H3,(H,18,20). The van der Waals surface area contributed by atoms with Crippen LogP contribution in [0.2, 0.25) is 0 Å². The predicted octanol–water partition coefficient (Wildman–Crippen LogP) is 2.09. The van der Waals surface area contributed by atoms with Gasteiger partial charge in [0.25, 0.3) is 5.91 Å². The smallest absolute Gasteiger partial charge is 0.263 e. The molecule has 21 heavy (non-hydrogen) atoms. The summed E-state index contributed by atoms with van der Waals surface area (Å²) in [6.45, 7) is 5.21. The van der Waals surface area contributed by atoms with E-state index in [1.807, 2.05) is 19.1 Å². The fourth-order valence-corrected chi connectivity index (χ4v) is 3.79. The van der Waals surface area contributed by atoms with Crippen molar-refractivity contribution in [2.24, 2.45) is 0 Å². The summed E-state index contributed by atoms with van der Waals surface area (Å²) >= 11 is 1.40. The van der Waals surface area contributed by atoms with E-state index < -0.39 is 0 Å². The lowest BCUT2D eigenvalue weighted by Gasteiger charge is -2.21. The molecule has 1 fully saturated rings. The number of hydrogen-bond donors (Lipinski definition) is 2. The van der Waals surface area contributed by atoms with Gasteiger partial charge in [0.1, 0.15) is 10.4 Å². The number of hydrogen-bond acceptors (Lipinski definition) is 5. The third-order valence-electron chi connectivity index (χ3n) is 3.80. The van der Waals surface area contributed by atoms with Gasteiger partial charge in [-0.3, -0.25) is 9.78 Å². The monoisotopic (exact) mass is 304 g/mol. The number of carbonyl (C=O) groups is 1. The Balaban J connectivity index is 1.70. The Morgan fingerprint density at radius 3 is 3.00 bits per heavy atom. The maximum Gasteiger partial charge on any atom is 0.263 e. The Labute approximate surface area is 128 Å². The maximum atomic E-state index is 12.4. The van der Waals surface area contributed by atoms with E-state index in [4.69, 9.17) is 5.73 Å². The molecule has 0 aliphatic carbocycles. The number of anilines is 1. The summed E-state index contributed by atoms with van der Waals surface area (Å²) < 4.78 is 0.951. The first-order valence-corrected chi connectivity index (χ1v) is 8.13. The van der Waals surface area contributed by atoms with E-state index in [9.17, 15) is 4.79 Å². The summed E-state index contributed by atoms with van der Waals surface area (Å²) in [7, 11) is 0. The van der Waals surface area contributed by atoms with E-state index in [0.29, 0.717) is 10.6 Å². The van der Waals surface area contributed by atoms with Crippen LogP contribution in [0.25, 0.3) is 10.2 Å². The molecule has 2 aromatic heterocycles. The molecular weight excluding hydrogens is 284 g/mol. The number of thiophene rings is 1. The zero-order valence-corrected chi connectivity index (χ0v) is 12.9. The van der Waals surface area contributed by atoms with Crippen LogP contribution in [-0.4, -0.2) is 41.5 Å². The molecule has 2 aromatic rings. The minimum Gasteiger partial charge on any atom is -0.396 e. The van der Waals surface area contributed by atoms with Crippen molar-refractivity contribution in [2.75, 3.05) is 25.4 Å². The second-order valence-corrected chi connectivity index (χ2v) is 6.63. The molecule has 112 valence electrons. The van der Waals surface area contributed by atoms with Gasteiger partial charge in [0.05, 0.1) is 10.4 Å². The van der Waals surface area contributed by atoms with Crippen molar-refractivity contribution in [3.8, 4) is 0 Å². The van der Waals surface area contributed by atoms with Crippen LogP contribution in [0.3, 0.4) is 0 Å². The molecule has 1 aliphatic heterocycles. The largest absolute Gasteiger partial charge is 0.396 e. The molecule has 1 unspecified atom stereocenters. The van der Waals surface area contributed by atoms with Gasteiger partial charge in [-0.05, 0) is 45.0 Å². The summed E-state index contributed by atoms with van der Waals surface area (Å²) in [5, 5.41) is 3.05. The summed E-state index contributed by atoms with van der Waals surface area (Å²) in [6, 6.07) is 3.91. The molecule has 3 heterocycles. The van der Waals surface area contributed by atoms with Crippen molar-refractivity contribution in [1.82, 2.24) is 15.2 Å². The molecule has 0 saturated carbocycles. The van der Waals surface area contributed by atoms with Gasteiger partial charge in [0, 0.05) is 18.8 Å². The van der Waals surface area contributed by atoms with Gasteiger partial charge in [0.2, 0.25) is 0 Å². The van der Waals surface area contributed by atoms with Gasteiger partial charge in [-0.1, -0.05) is 0 Å². The molecule has 0 bridgehead atoms. The Hall–Kier alpha value is -1.66. The van der Waals surface area contributed by atoms with Gasteiger partial charge < -0.3 is 16.0 Å². The molecule has 5 nitrogen and oxygen atoms in total. The van der Waals surface area contributed by atoms with Crippen molar-refractivity contribution in [3.05, 3.63) is 23.2 Å².